The number of rotatable bonds is 7. The molecule has 0 aliphatic carbocycles. The quantitative estimate of drug-likeness (QED) is 0.792. The van der Waals surface area contributed by atoms with Gasteiger partial charge in [-0.05, 0) is 48.9 Å². The monoisotopic (exact) mass is 331 g/mol. The van der Waals surface area contributed by atoms with Gasteiger partial charge in [-0.2, -0.15) is 0 Å². The predicted octanol–water partition coefficient (Wildman–Crippen LogP) is 2.95. The van der Waals surface area contributed by atoms with Crippen LogP contribution in [0.1, 0.15) is 12.5 Å². The van der Waals surface area contributed by atoms with Crippen LogP contribution in [0.3, 0.4) is 0 Å². The van der Waals surface area contributed by atoms with Crippen LogP contribution in [0.15, 0.2) is 48.5 Å². The number of ether oxygens (including phenoxy) is 2. The van der Waals surface area contributed by atoms with Gasteiger partial charge < -0.3 is 14.8 Å². The molecule has 1 amide bonds. The van der Waals surface area contributed by atoms with Gasteiger partial charge in [-0.3, -0.25) is 9.59 Å². The van der Waals surface area contributed by atoms with E-state index in [1.54, 1.807) is 24.3 Å². The molecule has 0 bridgehead atoms. The molecule has 24 heavy (non-hydrogen) atoms. The number of esters is 1. The maximum atomic E-state index is 12.8. The number of anilines is 1. The highest BCUT2D eigenvalue weighted by molar-refractivity contribution is 5.92. The van der Waals surface area contributed by atoms with Crippen molar-refractivity contribution in [2.24, 2.45) is 0 Å². The fourth-order valence-corrected chi connectivity index (χ4v) is 1.96. The summed E-state index contributed by atoms with van der Waals surface area (Å²) in [6.45, 7) is 2.07. The lowest BCUT2D eigenvalue weighted by molar-refractivity contribution is -0.146. The third-order valence-electron chi connectivity index (χ3n) is 3.08. The second kappa shape index (κ2) is 8.67. The van der Waals surface area contributed by atoms with Crippen LogP contribution >= 0.6 is 0 Å². The van der Waals surface area contributed by atoms with Crippen LogP contribution in [-0.2, 0) is 20.7 Å². The Hall–Kier alpha value is -2.89. The van der Waals surface area contributed by atoms with Crippen LogP contribution in [0.25, 0.3) is 0 Å². The second-order valence-corrected chi connectivity index (χ2v) is 4.97. The average molecular weight is 331 g/mol. The zero-order valence-corrected chi connectivity index (χ0v) is 13.3. The summed E-state index contributed by atoms with van der Waals surface area (Å²) >= 11 is 0. The molecule has 2 aromatic carbocycles. The Bertz CT molecular complexity index is 683. The molecule has 0 aromatic heterocycles. The van der Waals surface area contributed by atoms with Crippen LogP contribution in [0.2, 0.25) is 0 Å². The molecule has 0 spiro atoms. The minimum Gasteiger partial charge on any atom is -0.494 e. The molecule has 0 heterocycles. The highest BCUT2D eigenvalue weighted by Crippen LogP contribution is 2.15. The van der Waals surface area contributed by atoms with Gasteiger partial charge in [0.2, 0.25) is 0 Å². The molecule has 1 N–H and O–H groups in total. The molecule has 126 valence electrons. The van der Waals surface area contributed by atoms with E-state index < -0.39 is 11.9 Å². The molecule has 6 heteroatoms. The first-order valence-electron chi connectivity index (χ1n) is 7.49. The van der Waals surface area contributed by atoms with Gasteiger partial charge in [-0.15, -0.1) is 0 Å². The molecular weight excluding hydrogens is 313 g/mol. The Labute approximate surface area is 139 Å². The van der Waals surface area contributed by atoms with E-state index in [1.807, 2.05) is 6.92 Å². The zero-order valence-electron chi connectivity index (χ0n) is 13.3. The van der Waals surface area contributed by atoms with E-state index in [-0.39, 0.29) is 18.8 Å². The summed E-state index contributed by atoms with van der Waals surface area (Å²) in [5.41, 5.74) is 1.20. The van der Waals surface area contributed by atoms with Crippen LogP contribution in [0.4, 0.5) is 10.1 Å². The number of halogens is 1. The summed E-state index contributed by atoms with van der Waals surface area (Å²) in [6.07, 6.45) is -0.0172. The largest absolute Gasteiger partial charge is 0.494 e. The minimum absolute atomic E-state index is 0.0172. The van der Waals surface area contributed by atoms with Crippen molar-refractivity contribution in [1.29, 1.82) is 0 Å². The highest BCUT2D eigenvalue weighted by Gasteiger charge is 2.09. The van der Waals surface area contributed by atoms with Crippen LogP contribution in [0.5, 0.6) is 5.75 Å². The lowest BCUT2D eigenvalue weighted by atomic mass is 10.1. The molecule has 5 nitrogen and oxygen atoms in total. The topological polar surface area (TPSA) is 64.6 Å². The summed E-state index contributed by atoms with van der Waals surface area (Å²) in [5, 5.41) is 2.62. The molecule has 0 fully saturated rings. The zero-order chi connectivity index (χ0) is 17.4. The summed E-state index contributed by atoms with van der Waals surface area (Å²) < 4.78 is 23.0. The van der Waals surface area contributed by atoms with E-state index in [4.69, 9.17) is 9.47 Å². The van der Waals surface area contributed by atoms with Gasteiger partial charge in [0.05, 0.1) is 13.0 Å². The van der Waals surface area contributed by atoms with Crippen molar-refractivity contribution in [2.75, 3.05) is 18.5 Å². The van der Waals surface area contributed by atoms with Gasteiger partial charge in [0, 0.05) is 5.69 Å². The van der Waals surface area contributed by atoms with Crippen LogP contribution in [-0.4, -0.2) is 25.1 Å². The number of carbonyl (C=O) groups is 2. The number of benzene rings is 2. The van der Waals surface area contributed by atoms with Crippen LogP contribution in [0, 0.1) is 5.82 Å². The lowest BCUT2D eigenvalue weighted by Gasteiger charge is -2.08. The first kappa shape index (κ1) is 17.5. The Morgan fingerprint density at radius 3 is 2.33 bits per heavy atom. The highest BCUT2D eigenvalue weighted by atomic mass is 19.1. The van der Waals surface area contributed by atoms with Crippen molar-refractivity contribution in [3.05, 3.63) is 59.9 Å². The first-order valence-corrected chi connectivity index (χ1v) is 7.49. The molecule has 0 unspecified atom stereocenters. The average Bonchev–Trinajstić information content (AvgIpc) is 2.57. The third kappa shape index (κ3) is 5.72. The molecule has 0 saturated carbocycles. The number of hydrogen-bond acceptors (Lipinski definition) is 4. The van der Waals surface area contributed by atoms with E-state index in [9.17, 15) is 14.0 Å². The van der Waals surface area contributed by atoms with Gasteiger partial charge in [0.15, 0.2) is 6.61 Å². The van der Waals surface area contributed by atoms with E-state index in [2.05, 4.69) is 5.32 Å². The maximum Gasteiger partial charge on any atom is 0.310 e. The predicted molar refractivity (Wildman–Crippen MR) is 87.3 cm³/mol. The molecule has 0 aliphatic rings. The van der Waals surface area contributed by atoms with E-state index >= 15 is 0 Å². The van der Waals surface area contributed by atoms with Crippen LogP contribution < -0.4 is 10.1 Å². The summed E-state index contributed by atoms with van der Waals surface area (Å²) in [6, 6.07) is 12.4. The number of hydrogen-bond donors (Lipinski definition) is 1. The van der Waals surface area contributed by atoms with Gasteiger partial charge in [0.25, 0.3) is 5.91 Å². The molecular formula is C18H18FNO4. The standard InChI is InChI=1S/C18H18FNO4/c1-2-23-16-9-7-15(8-10-16)20-17(21)12-24-18(22)11-13-3-5-14(19)6-4-13/h3-10H,2,11-12H2,1H3,(H,20,21). The number of nitrogens with one attached hydrogen (secondary N) is 1. The summed E-state index contributed by atoms with van der Waals surface area (Å²) in [5.74, 6) is -0.654. The molecule has 2 aromatic rings. The Kier molecular flexibility index (Phi) is 6.31. The van der Waals surface area contributed by atoms with Gasteiger partial charge >= 0.3 is 5.97 Å². The van der Waals surface area contributed by atoms with E-state index in [0.717, 1.165) is 0 Å². The van der Waals surface area contributed by atoms with Gasteiger partial charge in [-0.1, -0.05) is 12.1 Å². The first-order chi connectivity index (χ1) is 11.6. The lowest BCUT2D eigenvalue weighted by Crippen LogP contribution is -2.21. The van der Waals surface area contributed by atoms with Crippen molar-refractivity contribution < 1.29 is 23.5 Å². The summed E-state index contributed by atoms with van der Waals surface area (Å²) in [4.78, 5) is 23.4. The fraction of sp³-hybridized carbons (Fsp3) is 0.222. The fourth-order valence-electron chi connectivity index (χ4n) is 1.96. The molecule has 2 rings (SSSR count). The molecule has 0 atom stereocenters. The normalized spacial score (nSPS) is 10.1. The smallest absolute Gasteiger partial charge is 0.310 e. The third-order valence-corrected chi connectivity index (χ3v) is 3.08. The van der Waals surface area contributed by atoms with Gasteiger partial charge in [0.1, 0.15) is 11.6 Å². The SMILES string of the molecule is CCOc1ccc(NC(=O)COC(=O)Cc2ccc(F)cc2)cc1. The summed E-state index contributed by atoms with van der Waals surface area (Å²) in [7, 11) is 0. The van der Waals surface area contributed by atoms with Gasteiger partial charge in [-0.25, -0.2) is 4.39 Å². The van der Waals surface area contributed by atoms with Crippen molar-refractivity contribution in [3.63, 3.8) is 0 Å². The van der Waals surface area contributed by atoms with Crippen molar-refractivity contribution in [2.45, 2.75) is 13.3 Å². The minimum atomic E-state index is -0.552. The molecule has 0 radical (unpaired) electrons. The van der Waals surface area contributed by atoms with Crippen molar-refractivity contribution in [3.8, 4) is 5.75 Å². The van der Waals surface area contributed by atoms with E-state index in [1.165, 1.54) is 24.3 Å². The Balaban J connectivity index is 1.75. The van der Waals surface area contributed by atoms with Crippen molar-refractivity contribution >= 4 is 17.6 Å². The van der Waals surface area contributed by atoms with Crippen molar-refractivity contribution in [1.82, 2.24) is 0 Å². The number of amides is 1. The number of carbonyl (C=O) groups excluding carboxylic acids is 2. The Morgan fingerprint density at radius 1 is 1.04 bits per heavy atom. The molecule has 0 aliphatic heterocycles. The molecule has 0 saturated heterocycles. The Morgan fingerprint density at radius 2 is 1.71 bits per heavy atom. The maximum absolute atomic E-state index is 12.8. The van der Waals surface area contributed by atoms with E-state index in [0.29, 0.717) is 23.6 Å². The second-order valence-electron chi connectivity index (χ2n) is 4.97.